The molecule has 4 rings (SSSR count). The van der Waals surface area contributed by atoms with Crippen molar-refractivity contribution in [1.29, 1.82) is 0 Å². The summed E-state index contributed by atoms with van der Waals surface area (Å²) in [6.07, 6.45) is 6.89. The minimum absolute atomic E-state index is 0.223. The standard InChI is InChI=1S/C23H27N5O2/c1-30-22-9-8-19(14-25-22)26-23-24-11-10-21(27-23)18-6-4-5-17(13-18)15-28-12-3-2-7-20(28)16-29/h4-6,8-11,13-14,20,29H,2-3,7,12,15-16H2,1H3,(H,24,26,27). The van der Waals surface area contributed by atoms with E-state index >= 15 is 0 Å². The topological polar surface area (TPSA) is 83.4 Å². The second-order valence-corrected chi connectivity index (χ2v) is 7.48. The molecule has 1 fully saturated rings. The lowest BCUT2D eigenvalue weighted by molar-refractivity contribution is 0.0841. The molecule has 1 aliphatic heterocycles. The molecule has 2 N–H and O–H groups in total. The highest BCUT2D eigenvalue weighted by Gasteiger charge is 2.21. The number of hydrogen-bond donors (Lipinski definition) is 2. The Balaban J connectivity index is 1.49. The Hall–Kier alpha value is -3.03. The lowest BCUT2D eigenvalue weighted by Crippen LogP contribution is -2.41. The van der Waals surface area contributed by atoms with Gasteiger partial charge in [0.05, 0.1) is 31.3 Å². The van der Waals surface area contributed by atoms with Crippen molar-refractivity contribution in [3.05, 3.63) is 60.4 Å². The van der Waals surface area contributed by atoms with Crippen LogP contribution in [0.5, 0.6) is 5.88 Å². The summed E-state index contributed by atoms with van der Waals surface area (Å²) in [6.45, 7) is 2.10. The number of aliphatic hydroxyl groups excluding tert-OH is 1. The molecule has 1 unspecified atom stereocenters. The van der Waals surface area contributed by atoms with Gasteiger partial charge in [0.25, 0.3) is 0 Å². The molecule has 1 saturated heterocycles. The first-order chi connectivity index (χ1) is 14.7. The number of aromatic nitrogens is 3. The van der Waals surface area contributed by atoms with E-state index in [-0.39, 0.29) is 12.6 Å². The summed E-state index contributed by atoms with van der Waals surface area (Å²) in [5.74, 6) is 1.07. The number of ether oxygens (including phenoxy) is 1. The van der Waals surface area contributed by atoms with Crippen LogP contribution in [0, 0.1) is 0 Å². The third kappa shape index (κ3) is 4.93. The maximum Gasteiger partial charge on any atom is 0.227 e. The van der Waals surface area contributed by atoms with Crippen LogP contribution in [-0.4, -0.2) is 51.3 Å². The molecule has 0 spiro atoms. The van der Waals surface area contributed by atoms with E-state index in [0.29, 0.717) is 11.8 Å². The van der Waals surface area contributed by atoms with E-state index in [9.17, 15) is 5.11 Å². The molecule has 7 heteroatoms. The highest BCUT2D eigenvalue weighted by Crippen LogP contribution is 2.24. The Bertz CT molecular complexity index is 964. The molecule has 30 heavy (non-hydrogen) atoms. The summed E-state index contributed by atoms with van der Waals surface area (Å²) in [4.78, 5) is 15.6. The zero-order chi connectivity index (χ0) is 20.8. The SMILES string of the molecule is COc1ccc(Nc2nccc(-c3cccc(CN4CCCCC4CO)c3)n2)cn1. The fraction of sp³-hybridized carbons (Fsp3) is 0.348. The van der Waals surface area contributed by atoms with Gasteiger partial charge in [-0.05, 0) is 43.1 Å². The normalized spacial score (nSPS) is 16.9. The van der Waals surface area contributed by atoms with E-state index < -0.39 is 0 Å². The van der Waals surface area contributed by atoms with Gasteiger partial charge in [0, 0.05) is 30.4 Å². The van der Waals surface area contributed by atoms with Gasteiger partial charge < -0.3 is 15.2 Å². The first-order valence-electron chi connectivity index (χ1n) is 10.3. The van der Waals surface area contributed by atoms with Crippen molar-refractivity contribution in [3.8, 4) is 17.1 Å². The van der Waals surface area contributed by atoms with Gasteiger partial charge in [-0.3, -0.25) is 4.90 Å². The van der Waals surface area contributed by atoms with Gasteiger partial charge in [0.1, 0.15) is 0 Å². The Morgan fingerprint density at radius 2 is 2.10 bits per heavy atom. The molecule has 3 aromatic rings. The summed E-state index contributed by atoms with van der Waals surface area (Å²) >= 11 is 0. The highest BCUT2D eigenvalue weighted by molar-refractivity contribution is 5.62. The lowest BCUT2D eigenvalue weighted by Gasteiger charge is -2.34. The van der Waals surface area contributed by atoms with Crippen LogP contribution in [-0.2, 0) is 6.54 Å². The number of aliphatic hydroxyl groups is 1. The molecule has 2 aromatic heterocycles. The fourth-order valence-corrected chi connectivity index (χ4v) is 3.82. The van der Waals surface area contributed by atoms with Gasteiger partial charge in [0.2, 0.25) is 11.8 Å². The molecule has 156 valence electrons. The number of hydrogen-bond acceptors (Lipinski definition) is 7. The molecule has 0 amide bonds. The van der Waals surface area contributed by atoms with Crippen LogP contribution >= 0.6 is 0 Å². The van der Waals surface area contributed by atoms with E-state index in [4.69, 9.17) is 4.74 Å². The second kappa shape index (κ2) is 9.65. The Morgan fingerprint density at radius 1 is 1.17 bits per heavy atom. The number of benzene rings is 1. The van der Waals surface area contributed by atoms with Crippen molar-refractivity contribution in [2.45, 2.75) is 31.8 Å². The number of likely N-dealkylation sites (tertiary alicyclic amines) is 1. The Morgan fingerprint density at radius 3 is 2.90 bits per heavy atom. The monoisotopic (exact) mass is 405 g/mol. The summed E-state index contributed by atoms with van der Waals surface area (Å²) in [6, 6.07) is 14.3. The molecule has 1 aromatic carbocycles. The number of nitrogens with zero attached hydrogens (tertiary/aromatic N) is 4. The Labute approximate surface area is 176 Å². The van der Waals surface area contributed by atoms with E-state index in [1.807, 2.05) is 12.1 Å². The van der Waals surface area contributed by atoms with Crippen molar-refractivity contribution in [1.82, 2.24) is 19.9 Å². The van der Waals surface area contributed by atoms with Crippen molar-refractivity contribution in [2.24, 2.45) is 0 Å². The molecule has 0 aliphatic carbocycles. The summed E-state index contributed by atoms with van der Waals surface area (Å²) in [5.41, 5.74) is 3.92. The van der Waals surface area contributed by atoms with E-state index in [1.165, 1.54) is 18.4 Å². The number of nitrogens with one attached hydrogen (secondary N) is 1. The maximum absolute atomic E-state index is 9.68. The third-order valence-electron chi connectivity index (χ3n) is 5.43. The van der Waals surface area contributed by atoms with Crippen LogP contribution < -0.4 is 10.1 Å². The van der Waals surface area contributed by atoms with Crippen molar-refractivity contribution >= 4 is 11.6 Å². The van der Waals surface area contributed by atoms with Gasteiger partial charge >= 0.3 is 0 Å². The van der Waals surface area contributed by atoms with Crippen molar-refractivity contribution < 1.29 is 9.84 Å². The van der Waals surface area contributed by atoms with Crippen LogP contribution in [0.3, 0.4) is 0 Å². The number of piperidine rings is 1. The molecular formula is C23H27N5O2. The quantitative estimate of drug-likeness (QED) is 0.621. The zero-order valence-electron chi connectivity index (χ0n) is 17.2. The molecule has 0 saturated carbocycles. The highest BCUT2D eigenvalue weighted by atomic mass is 16.5. The lowest BCUT2D eigenvalue weighted by atomic mass is 10.0. The van der Waals surface area contributed by atoms with Gasteiger partial charge in [-0.1, -0.05) is 24.6 Å². The van der Waals surface area contributed by atoms with Crippen LogP contribution in [0.4, 0.5) is 11.6 Å². The molecule has 0 bridgehead atoms. The van der Waals surface area contributed by atoms with Crippen LogP contribution in [0.2, 0.25) is 0 Å². The minimum atomic E-state index is 0.223. The average Bonchev–Trinajstić information content (AvgIpc) is 2.80. The number of methoxy groups -OCH3 is 1. The van der Waals surface area contributed by atoms with Crippen molar-refractivity contribution in [3.63, 3.8) is 0 Å². The largest absolute Gasteiger partial charge is 0.481 e. The first kappa shape index (κ1) is 20.3. The molecule has 0 radical (unpaired) electrons. The van der Waals surface area contributed by atoms with Gasteiger partial charge in [0.15, 0.2) is 0 Å². The third-order valence-corrected chi connectivity index (χ3v) is 5.43. The predicted molar refractivity (Wildman–Crippen MR) is 117 cm³/mol. The van der Waals surface area contributed by atoms with Crippen molar-refractivity contribution in [2.75, 3.05) is 25.6 Å². The second-order valence-electron chi connectivity index (χ2n) is 7.48. The summed E-state index contributed by atoms with van der Waals surface area (Å²) in [7, 11) is 1.59. The van der Waals surface area contributed by atoms with Gasteiger partial charge in [-0.25, -0.2) is 15.0 Å². The van der Waals surface area contributed by atoms with Gasteiger partial charge in [-0.2, -0.15) is 0 Å². The van der Waals surface area contributed by atoms with Crippen LogP contribution in [0.15, 0.2) is 54.9 Å². The molecular weight excluding hydrogens is 378 g/mol. The molecule has 1 aliphatic rings. The number of pyridine rings is 1. The van der Waals surface area contributed by atoms with Crippen LogP contribution in [0.25, 0.3) is 11.3 Å². The first-order valence-corrected chi connectivity index (χ1v) is 10.3. The van der Waals surface area contributed by atoms with E-state index in [0.717, 1.165) is 36.5 Å². The molecule has 3 heterocycles. The molecule has 1 atom stereocenters. The smallest absolute Gasteiger partial charge is 0.227 e. The van der Waals surface area contributed by atoms with E-state index in [2.05, 4.69) is 49.4 Å². The maximum atomic E-state index is 9.68. The summed E-state index contributed by atoms with van der Waals surface area (Å²) in [5, 5.41) is 12.9. The van der Waals surface area contributed by atoms with Gasteiger partial charge in [-0.15, -0.1) is 0 Å². The van der Waals surface area contributed by atoms with Crippen LogP contribution in [0.1, 0.15) is 24.8 Å². The average molecular weight is 406 g/mol. The predicted octanol–water partition coefficient (Wildman–Crippen LogP) is 3.64. The summed E-state index contributed by atoms with van der Waals surface area (Å²) < 4.78 is 5.09. The number of anilines is 2. The number of rotatable bonds is 7. The Kier molecular flexibility index (Phi) is 6.51. The van der Waals surface area contributed by atoms with E-state index in [1.54, 1.807) is 25.6 Å². The minimum Gasteiger partial charge on any atom is -0.481 e. The molecule has 7 nitrogen and oxygen atoms in total. The fourth-order valence-electron chi connectivity index (χ4n) is 3.82. The zero-order valence-corrected chi connectivity index (χ0v) is 17.2.